The lowest BCUT2D eigenvalue weighted by Gasteiger charge is -2.24. The van der Waals surface area contributed by atoms with E-state index in [1.807, 2.05) is 24.4 Å². The molecule has 0 bridgehead atoms. The highest BCUT2D eigenvalue weighted by molar-refractivity contribution is 5.91. The second-order valence-corrected chi connectivity index (χ2v) is 4.43. The van der Waals surface area contributed by atoms with Crippen molar-refractivity contribution in [3.05, 3.63) is 36.5 Å². The van der Waals surface area contributed by atoms with Crippen LogP contribution in [0.5, 0.6) is 0 Å². The van der Waals surface area contributed by atoms with Crippen LogP contribution in [0.4, 0.5) is 5.69 Å². The van der Waals surface area contributed by atoms with Crippen LogP contribution in [0.2, 0.25) is 0 Å². The van der Waals surface area contributed by atoms with E-state index in [2.05, 4.69) is 22.4 Å². The van der Waals surface area contributed by atoms with Gasteiger partial charge in [-0.05, 0) is 37.1 Å². The summed E-state index contributed by atoms with van der Waals surface area (Å²) in [7, 11) is 0. The summed E-state index contributed by atoms with van der Waals surface area (Å²) in [6, 6.07) is 10.7. The van der Waals surface area contributed by atoms with Gasteiger partial charge in [-0.3, -0.25) is 4.98 Å². The minimum absolute atomic E-state index is 0.426. The summed E-state index contributed by atoms with van der Waals surface area (Å²) in [4.78, 5) is 4.36. The van der Waals surface area contributed by atoms with Crippen molar-refractivity contribution in [3.63, 3.8) is 0 Å². The van der Waals surface area contributed by atoms with Crippen molar-refractivity contribution >= 4 is 16.6 Å². The average Bonchev–Trinajstić information content (AvgIpc) is 2.40. The van der Waals surface area contributed by atoms with Gasteiger partial charge in [0, 0.05) is 29.9 Å². The van der Waals surface area contributed by atoms with E-state index in [0.29, 0.717) is 6.04 Å². The first kappa shape index (κ1) is 10.5. The van der Waals surface area contributed by atoms with E-state index in [0.717, 1.165) is 30.8 Å². The third kappa shape index (κ3) is 2.24. The average molecular weight is 228 g/mol. The summed E-state index contributed by atoms with van der Waals surface area (Å²) in [6.45, 7) is 1.70. The Bertz CT molecular complexity index is 501. The van der Waals surface area contributed by atoms with Crippen molar-refractivity contribution in [2.45, 2.75) is 18.9 Å². The Labute approximate surface area is 101 Å². The summed E-state index contributed by atoms with van der Waals surface area (Å²) in [5.74, 6) is 0. The normalized spacial score (nSPS) is 20.4. The first-order valence-electron chi connectivity index (χ1n) is 6.11. The topological polar surface area (TPSA) is 34.1 Å². The molecule has 3 rings (SSSR count). The molecule has 88 valence electrons. The summed E-state index contributed by atoms with van der Waals surface area (Å²) in [6.07, 6.45) is 4.15. The maximum Gasteiger partial charge on any atom is 0.0722 e. The fourth-order valence-electron chi connectivity index (χ4n) is 2.30. The smallest absolute Gasteiger partial charge is 0.0722 e. The Morgan fingerprint density at radius 3 is 3.12 bits per heavy atom. The minimum atomic E-state index is 0.426. The molecule has 1 N–H and O–H groups in total. The molecular formula is C14H16N2O. The zero-order chi connectivity index (χ0) is 11.5. The Balaban J connectivity index is 1.89. The molecule has 1 fully saturated rings. The van der Waals surface area contributed by atoms with E-state index in [9.17, 15) is 0 Å². The van der Waals surface area contributed by atoms with Crippen molar-refractivity contribution in [3.8, 4) is 0 Å². The molecule has 0 aliphatic carbocycles. The molecule has 1 aliphatic rings. The number of rotatable bonds is 2. The number of ether oxygens (including phenoxy) is 1. The lowest BCUT2D eigenvalue weighted by Crippen LogP contribution is -2.29. The third-order valence-electron chi connectivity index (χ3n) is 3.17. The largest absolute Gasteiger partial charge is 0.379 e. The number of benzene rings is 1. The molecule has 3 heteroatoms. The molecule has 0 saturated carbocycles. The molecular weight excluding hydrogens is 212 g/mol. The van der Waals surface area contributed by atoms with Crippen LogP contribution < -0.4 is 5.32 Å². The quantitative estimate of drug-likeness (QED) is 0.858. The van der Waals surface area contributed by atoms with Crippen LogP contribution in [0.15, 0.2) is 36.5 Å². The lowest BCUT2D eigenvalue weighted by molar-refractivity contribution is 0.0876. The fourth-order valence-corrected chi connectivity index (χ4v) is 2.30. The van der Waals surface area contributed by atoms with Crippen LogP contribution >= 0.6 is 0 Å². The summed E-state index contributed by atoms with van der Waals surface area (Å²) < 4.78 is 5.49. The number of nitrogens with one attached hydrogen (secondary N) is 1. The van der Waals surface area contributed by atoms with Gasteiger partial charge in [-0.25, -0.2) is 0 Å². The molecule has 1 aromatic carbocycles. The van der Waals surface area contributed by atoms with Gasteiger partial charge in [0.15, 0.2) is 0 Å². The highest BCUT2D eigenvalue weighted by Gasteiger charge is 2.14. The maximum atomic E-state index is 5.49. The highest BCUT2D eigenvalue weighted by atomic mass is 16.5. The summed E-state index contributed by atoms with van der Waals surface area (Å²) in [5, 5.41) is 4.74. The molecule has 17 heavy (non-hydrogen) atoms. The Kier molecular flexibility index (Phi) is 2.92. The van der Waals surface area contributed by atoms with E-state index in [1.165, 1.54) is 11.8 Å². The van der Waals surface area contributed by atoms with E-state index in [4.69, 9.17) is 4.74 Å². The first-order chi connectivity index (χ1) is 8.43. The number of hydrogen-bond donors (Lipinski definition) is 1. The monoisotopic (exact) mass is 228 g/mol. The number of anilines is 1. The van der Waals surface area contributed by atoms with Crippen LogP contribution in [-0.2, 0) is 4.74 Å². The third-order valence-corrected chi connectivity index (χ3v) is 3.17. The molecule has 0 amide bonds. The Morgan fingerprint density at radius 2 is 2.24 bits per heavy atom. The van der Waals surface area contributed by atoms with Gasteiger partial charge in [0.1, 0.15) is 0 Å². The van der Waals surface area contributed by atoms with Crippen LogP contribution in [0.25, 0.3) is 10.9 Å². The van der Waals surface area contributed by atoms with E-state index >= 15 is 0 Å². The molecule has 2 heterocycles. The molecule has 1 aliphatic heterocycles. The molecule has 1 atom stereocenters. The van der Waals surface area contributed by atoms with Crippen molar-refractivity contribution in [1.82, 2.24) is 4.98 Å². The Hall–Kier alpha value is -1.61. The Morgan fingerprint density at radius 1 is 1.24 bits per heavy atom. The van der Waals surface area contributed by atoms with Crippen LogP contribution in [0.1, 0.15) is 12.8 Å². The van der Waals surface area contributed by atoms with Crippen LogP contribution in [-0.4, -0.2) is 24.2 Å². The predicted octanol–water partition coefficient (Wildman–Crippen LogP) is 2.83. The second-order valence-electron chi connectivity index (χ2n) is 4.43. The van der Waals surface area contributed by atoms with E-state index < -0.39 is 0 Å². The van der Waals surface area contributed by atoms with E-state index in [1.54, 1.807) is 0 Å². The SMILES string of the molecule is c1cc(NC2CCCOC2)c2cccnc2c1. The van der Waals surface area contributed by atoms with Gasteiger partial charge in [-0.1, -0.05) is 6.07 Å². The van der Waals surface area contributed by atoms with Crippen molar-refractivity contribution in [2.75, 3.05) is 18.5 Å². The van der Waals surface area contributed by atoms with Crippen LogP contribution in [0, 0.1) is 0 Å². The fraction of sp³-hybridized carbons (Fsp3) is 0.357. The van der Waals surface area contributed by atoms with Gasteiger partial charge >= 0.3 is 0 Å². The highest BCUT2D eigenvalue weighted by Crippen LogP contribution is 2.23. The number of aromatic nitrogens is 1. The molecule has 0 radical (unpaired) electrons. The van der Waals surface area contributed by atoms with Gasteiger partial charge in [0.2, 0.25) is 0 Å². The summed E-state index contributed by atoms with van der Waals surface area (Å²) >= 11 is 0. The number of hydrogen-bond acceptors (Lipinski definition) is 3. The molecule has 1 unspecified atom stereocenters. The van der Waals surface area contributed by atoms with Gasteiger partial charge in [0.25, 0.3) is 0 Å². The minimum Gasteiger partial charge on any atom is -0.379 e. The number of fused-ring (bicyclic) bond motifs is 1. The molecule has 3 nitrogen and oxygen atoms in total. The first-order valence-corrected chi connectivity index (χ1v) is 6.11. The molecule has 1 saturated heterocycles. The molecule has 1 aromatic heterocycles. The van der Waals surface area contributed by atoms with Gasteiger partial charge in [-0.2, -0.15) is 0 Å². The number of nitrogens with zero attached hydrogens (tertiary/aromatic N) is 1. The second kappa shape index (κ2) is 4.72. The van der Waals surface area contributed by atoms with Crippen molar-refractivity contribution in [2.24, 2.45) is 0 Å². The van der Waals surface area contributed by atoms with E-state index in [-0.39, 0.29) is 0 Å². The van der Waals surface area contributed by atoms with Crippen molar-refractivity contribution in [1.29, 1.82) is 0 Å². The van der Waals surface area contributed by atoms with Crippen LogP contribution in [0.3, 0.4) is 0 Å². The zero-order valence-corrected chi connectivity index (χ0v) is 9.73. The lowest BCUT2D eigenvalue weighted by atomic mass is 10.1. The predicted molar refractivity (Wildman–Crippen MR) is 69.2 cm³/mol. The van der Waals surface area contributed by atoms with Gasteiger partial charge in [-0.15, -0.1) is 0 Å². The molecule has 0 spiro atoms. The standard InChI is InChI=1S/C14H16N2O/c1-6-13-12(5-2-8-15-13)14(7-1)16-11-4-3-9-17-10-11/h1-2,5-8,11,16H,3-4,9-10H2. The number of pyridine rings is 1. The molecule has 2 aromatic rings. The zero-order valence-electron chi connectivity index (χ0n) is 9.73. The maximum absolute atomic E-state index is 5.49. The summed E-state index contributed by atoms with van der Waals surface area (Å²) in [5.41, 5.74) is 2.19. The van der Waals surface area contributed by atoms with Gasteiger partial charge in [0.05, 0.1) is 12.1 Å². The van der Waals surface area contributed by atoms with Gasteiger partial charge < -0.3 is 10.1 Å². The van der Waals surface area contributed by atoms with Crippen molar-refractivity contribution < 1.29 is 4.74 Å².